The molecule has 0 fully saturated rings. The standard InChI is InChI=1S/C4H5O3P/c5-8(6)4-2-1-3-7-4/h1-3,5-6H. The lowest BCUT2D eigenvalue weighted by Crippen LogP contribution is -1.91. The smallest absolute Gasteiger partial charge is 0.237 e. The van der Waals surface area contributed by atoms with Gasteiger partial charge in [0.25, 0.3) is 0 Å². The molecule has 44 valence electrons. The first-order valence-electron chi connectivity index (χ1n) is 2.02. The summed E-state index contributed by atoms with van der Waals surface area (Å²) in [6.45, 7) is 0. The zero-order valence-corrected chi connectivity index (χ0v) is 4.88. The van der Waals surface area contributed by atoms with Crippen LogP contribution in [-0.4, -0.2) is 9.79 Å². The summed E-state index contributed by atoms with van der Waals surface area (Å²) < 4.78 is 4.62. The molecule has 0 atom stereocenters. The number of furan rings is 1. The molecule has 1 aromatic heterocycles. The van der Waals surface area contributed by atoms with E-state index < -0.39 is 8.38 Å². The van der Waals surface area contributed by atoms with Crippen molar-refractivity contribution in [2.24, 2.45) is 0 Å². The second-order valence-electron chi connectivity index (χ2n) is 1.24. The van der Waals surface area contributed by atoms with E-state index in [4.69, 9.17) is 9.79 Å². The first-order valence-corrected chi connectivity index (χ1v) is 3.27. The predicted octanol–water partition coefficient (Wildman–Crippen LogP) is 0.201. The van der Waals surface area contributed by atoms with Gasteiger partial charge >= 0.3 is 0 Å². The van der Waals surface area contributed by atoms with Crippen molar-refractivity contribution < 1.29 is 14.2 Å². The molecule has 0 saturated heterocycles. The Labute approximate surface area is 47.5 Å². The summed E-state index contributed by atoms with van der Waals surface area (Å²) in [4.78, 5) is 16.9. The average molecular weight is 132 g/mol. The van der Waals surface area contributed by atoms with Gasteiger partial charge in [0.15, 0.2) is 5.50 Å². The highest BCUT2D eigenvalue weighted by Crippen LogP contribution is 2.20. The van der Waals surface area contributed by atoms with Gasteiger partial charge in [0.05, 0.1) is 6.26 Å². The molecule has 1 aromatic rings. The summed E-state index contributed by atoms with van der Waals surface area (Å²) in [5.74, 6) is 0. The topological polar surface area (TPSA) is 53.6 Å². The van der Waals surface area contributed by atoms with Crippen LogP contribution in [0.15, 0.2) is 22.8 Å². The minimum atomic E-state index is -2.03. The third kappa shape index (κ3) is 1.07. The molecule has 2 N–H and O–H groups in total. The van der Waals surface area contributed by atoms with Gasteiger partial charge in [0, 0.05) is 0 Å². The summed E-state index contributed by atoms with van der Waals surface area (Å²) in [7, 11) is -2.03. The van der Waals surface area contributed by atoms with Crippen LogP contribution in [0.25, 0.3) is 0 Å². The molecule has 0 aliphatic heterocycles. The maximum Gasteiger partial charge on any atom is 0.237 e. The van der Waals surface area contributed by atoms with Crippen LogP contribution in [0.3, 0.4) is 0 Å². The molecule has 1 rings (SSSR count). The normalized spacial score (nSPS) is 10.4. The molecule has 0 spiro atoms. The van der Waals surface area contributed by atoms with Crippen molar-refractivity contribution in [3.63, 3.8) is 0 Å². The quantitative estimate of drug-likeness (QED) is 0.536. The highest BCUT2D eigenvalue weighted by Gasteiger charge is 2.03. The first kappa shape index (κ1) is 5.76. The summed E-state index contributed by atoms with van der Waals surface area (Å²) in [6, 6.07) is 3.13. The lowest BCUT2D eigenvalue weighted by atomic mass is 10.7. The van der Waals surface area contributed by atoms with Gasteiger partial charge in [-0.1, -0.05) is 0 Å². The van der Waals surface area contributed by atoms with E-state index in [9.17, 15) is 0 Å². The Bertz CT molecular complexity index is 146. The van der Waals surface area contributed by atoms with Crippen molar-refractivity contribution in [1.82, 2.24) is 0 Å². The Morgan fingerprint density at radius 2 is 2.25 bits per heavy atom. The minimum Gasteiger partial charge on any atom is -0.460 e. The van der Waals surface area contributed by atoms with Crippen molar-refractivity contribution in [1.29, 1.82) is 0 Å². The summed E-state index contributed by atoms with van der Waals surface area (Å²) in [5.41, 5.74) is 0.236. The Morgan fingerprint density at radius 1 is 1.50 bits per heavy atom. The maximum absolute atomic E-state index is 8.44. The van der Waals surface area contributed by atoms with Crippen LogP contribution in [-0.2, 0) is 0 Å². The van der Waals surface area contributed by atoms with Gasteiger partial charge in [-0.2, -0.15) is 0 Å². The van der Waals surface area contributed by atoms with Crippen molar-refractivity contribution in [3.05, 3.63) is 18.4 Å². The number of hydrogen-bond acceptors (Lipinski definition) is 3. The van der Waals surface area contributed by atoms with Crippen LogP contribution in [0, 0.1) is 0 Å². The lowest BCUT2D eigenvalue weighted by Gasteiger charge is -1.91. The van der Waals surface area contributed by atoms with E-state index in [1.165, 1.54) is 12.3 Å². The van der Waals surface area contributed by atoms with Crippen LogP contribution < -0.4 is 5.50 Å². The molecule has 8 heavy (non-hydrogen) atoms. The van der Waals surface area contributed by atoms with Crippen LogP contribution in [0.2, 0.25) is 0 Å². The molecule has 0 aromatic carbocycles. The van der Waals surface area contributed by atoms with Crippen molar-refractivity contribution in [3.8, 4) is 0 Å². The van der Waals surface area contributed by atoms with Gasteiger partial charge in [0.1, 0.15) is 0 Å². The van der Waals surface area contributed by atoms with E-state index >= 15 is 0 Å². The second kappa shape index (κ2) is 2.27. The van der Waals surface area contributed by atoms with Gasteiger partial charge in [-0.3, -0.25) is 0 Å². The van der Waals surface area contributed by atoms with Gasteiger partial charge in [-0.15, -0.1) is 0 Å². The molecule has 0 bridgehead atoms. The van der Waals surface area contributed by atoms with E-state index in [1.807, 2.05) is 0 Å². The number of hydrogen-bond donors (Lipinski definition) is 2. The fourth-order valence-electron chi connectivity index (χ4n) is 0.384. The molecule has 0 aliphatic rings. The Balaban J connectivity index is 2.77. The zero-order chi connectivity index (χ0) is 5.98. The van der Waals surface area contributed by atoms with E-state index in [-0.39, 0.29) is 5.50 Å². The fourth-order valence-corrected chi connectivity index (χ4v) is 0.758. The van der Waals surface area contributed by atoms with Crippen molar-refractivity contribution in [2.45, 2.75) is 0 Å². The van der Waals surface area contributed by atoms with E-state index in [2.05, 4.69) is 4.42 Å². The Hall–Kier alpha value is -0.370. The van der Waals surface area contributed by atoms with E-state index in [0.29, 0.717) is 0 Å². The van der Waals surface area contributed by atoms with Crippen LogP contribution in [0.4, 0.5) is 0 Å². The maximum atomic E-state index is 8.44. The molecular weight excluding hydrogens is 127 g/mol. The fraction of sp³-hybridized carbons (Fsp3) is 0. The van der Waals surface area contributed by atoms with Gasteiger partial charge in [-0.05, 0) is 12.1 Å². The predicted molar refractivity (Wildman–Crippen MR) is 29.7 cm³/mol. The van der Waals surface area contributed by atoms with Gasteiger partial charge in [-0.25, -0.2) is 0 Å². The first-order chi connectivity index (χ1) is 3.80. The molecule has 0 saturated carbocycles. The SMILES string of the molecule is OP(O)c1ccco1. The van der Waals surface area contributed by atoms with Gasteiger partial charge < -0.3 is 14.2 Å². The third-order valence-electron chi connectivity index (χ3n) is 0.703. The van der Waals surface area contributed by atoms with Crippen LogP contribution in [0.5, 0.6) is 0 Å². The van der Waals surface area contributed by atoms with Crippen molar-refractivity contribution >= 4 is 13.9 Å². The molecular formula is C4H5O3P. The van der Waals surface area contributed by atoms with Crippen LogP contribution in [0.1, 0.15) is 0 Å². The van der Waals surface area contributed by atoms with Crippen LogP contribution >= 0.6 is 8.38 Å². The van der Waals surface area contributed by atoms with E-state index in [1.54, 1.807) is 6.07 Å². The molecule has 0 aliphatic carbocycles. The highest BCUT2D eigenvalue weighted by atomic mass is 31.2. The molecule has 0 amide bonds. The average Bonchev–Trinajstić information content (AvgIpc) is 2.12. The van der Waals surface area contributed by atoms with Gasteiger partial charge in [0.2, 0.25) is 8.38 Å². The van der Waals surface area contributed by atoms with Crippen molar-refractivity contribution in [2.75, 3.05) is 0 Å². The molecule has 1 heterocycles. The zero-order valence-electron chi connectivity index (χ0n) is 3.98. The monoisotopic (exact) mass is 132 g/mol. The highest BCUT2D eigenvalue weighted by molar-refractivity contribution is 7.53. The second-order valence-corrected chi connectivity index (χ2v) is 2.26. The minimum absolute atomic E-state index is 0.236. The molecule has 0 unspecified atom stereocenters. The summed E-state index contributed by atoms with van der Waals surface area (Å²) in [6.07, 6.45) is 1.40. The molecule has 3 nitrogen and oxygen atoms in total. The largest absolute Gasteiger partial charge is 0.460 e. The van der Waals surface area contributed by atoms with E-state index in [0.717, 1.165) is 0 Å². The Kier molecular flexibility index (Phi) is 1.63. The third-order valence-corrected chi connectivity index (χ3v) is 1.35. The summed E-state index contributed by atoms with van der Waals surface area (Å²) >= 11 is 0. The lowest BCUT2D eigenvalue weighted by molar-refractivity contribution is 0.478. The molecule has 4 heteroatoms. The Morgan fingerprint density at radius 3 is 2.50 bits per heavy atom. The summed E-state index contributed by atoms with van der Waals surface area (Å²) in [5, 5.41) is 0. The number of rotatable bonds is 1. The molecule has 0 radical (unpaired) electrons.